The second-order valence-electron chi connectivity index (χ2n) is 7.75. The number of hydrogen-bond donors (Lipinski definition) is 3. The van der Waals surface area contributed by atoms with E-state index in [1.165, 1.54) is 29.6 Å². The zero-order chi connectivity index (χ0) is 24.7. The summed E-state index contributed by atoms with van der Waals surface area (Å²) in [6.07, 6.45) is 4.11. The van der Waals surface area contributed by atoms with Crippen LogP contribution in [0, 0.1) is 0 Å². The number of nitrogens with zero attached hydrogens (tertiary/aromatic N) is 6. The van der Waals surface area contributed by atoms with Crippen molar-refractivity contribution in [2.75, 3.05) is 5.73 Å². The van der Waals surface area contributed by atoms with Gasteiger partial charge in [-0.2, -0.15) is 13.5 Å². The van der Waals surface area contributed by atoms with Crippen molar-refractivity contribution in [3.63, 3.8) is 0 Å². The highest BCUT2D eigenvalue weighted by Gasteiger charge is 2.54. The Balaban J connectivity index is 1.59. The Labute approximate surface area is 196 Å². The second kappa shape index (κ2) is 8.73. The van der Waals surface area contributed by atoms with Crippen molar-refractivity contribution in [2.45, 2.75) is 50.4 Å². The molecule has 2 atom stereocenters. The molecule has 2 amide bonds. The lowest BCUT2D eigenvalue weighted by Gasteiger charge is -2.43. The molecule has 1 aliphatic heterocycles. The summed E-state index contributed by atoms with van der Waals surface area (Å²) in [6, 6.07) is -2.53. The van der Waals surface area contributed by atoms with Crippen LogP contribution in [0.3, 0.4) is 0 Å². The number of β-lactam (4-membered cyclic amide) rings is 1. The lowest BCUT2D eigenvalue weighted by atomic mass is 9.77. The molecule has 2 aliphatic rings. The standard InChI is InChI=1S/C17H20N8O7S2/c1-9(26)17(3-2-4-17)32-23-12(10-6-33-16(18)21-10)14(27)22-13-11(5-24-8-19-7-20-24)25(15(13)28)34(29,30)31/h6-8,11,13H,2-5H2,1H3,(H2,18,21)(H,22,27)(H,29,30,31). The third kappa shape index (κ3) is 4.36. The molecule has 0 spiro atoms. The minimum Gasteiger partial charge on any atom is -0.380 e. The molecule has 2 fully saturated rings. The van der Waals surface area contributed by atoms with E-state index >= 15 is 0 Å². The van der Waals surface area contributed by atoms with Gasteiger partial charge in [-0.3, -0.25) is 23.6 Å². The van der Waals surface area contributed by atoms with Crippen LogP contribution in [-0.2, 0) is 36.1 Å². The van der Waals surface area contributed by atoms with Gasteiger partial charge in [-0.15, -0.1) is 11.3 Å². The fourth-order valence-electron chi connectivity index (χ4n) is 3.61. The normalized spacial score (nSPS) is 22.0. The SMILES string of the molecule is CC(=O)C1(ON=C(C(=O)NC2C(=O)N(S(=O)(=O)O)C2Cn2cncn2)c2csc(N)n2)CCC1. The number of thiazole rings is 1. The van der Waals surface area contributed by atoms with Gasteiger partial charge in [-0.1, -0.05) is 5.16 Å². The largest absolute Gasteiger partial charge is 0.380 e. The van der Waals surface area contributed by atoms with Gasteiger partial charge >= 0.3 is 10.3 Å². The number of oxime groups is 1. The van der Waals surface area contributed by atoms with Crippen molar-refractivity contribution in [3.8, 4) is 0 Å². The summed E-state index contributed by atoms with van der Waals surface area (Å²) in [7, 11) is -4.89. The first kappa shape index (κ1) is 23.7. The Morgan fingerprint density at radius 3 is 2.68 bits per heavy atom. The summed E-state index contributed by atoms with van der Waals surface area (Å²) >= 11 is 1.03. The Morgan fingerprint density at radius 2 is 2.18 bits per heavy atom. The number of carbonyl (C=O) groups is 3. The molecule has 4 rings (SSSR count). The van der Waals surface area contributed by atoms with Crippen LogP contribution in [0.2, 0.25) is 0 Å². The molecule has 2 unspecified atom stereocenters. The predicted octanol–water partition coefficient (Wildman–Crippen LogP) is -1.25. The van der Waals surface area contributed by atoms with Crippen LogP contribution >= 0.6 is 11.3 Å². The highest BCUT2D eigenvalue weighted by atomic mass is 32.2. The van der Waals surface area contributed by atoms with E-state index in [2.05, 4.69) is 25.5 Å². The van der Waals surface area contributed by atoms with E-state index in [-0.39, 0.29) is 33.2 Å². The van der Waals surface area contributed by atoms with Crippen LogP contribution in [0.25, 0.3) is 0 Å². The number of aromatic nitrogens is 4. The Hall–Kier alpha value is -3.44. The highest BCUT2D eigenvalue weighted by molar-refractivity contribution is 7.84. The molecular weight excluding hydrogens is 492 g/mol. The van der Waals surface area contributed by atoms with Gasteiger partial charge in [-0.25, -0.2) is 14.3 Å². The number of nitrogen functional groups attached to an aromatic ring is 1. The maximum Gasteiger partial charge on any atom is 0.362 e. The van der Waals surface area contributed by atoms with Crippen molar-refractivity contribution >= 4 is 50.1 Å². The molecule has 0 radical (unpaired) electrons. The Morgan fingerprint density at radius 1 is 1.44 bits per heavy atom. The molecule has 15 nitrogen and oxygen atoms in total. The lowest BCUT2D eigenvalue weighted by Crippen LogP contribution is -2.73. The van der Waals surface area contributed by atoms with E-state index in [4.69, 9.17) is 10.6 Å². The lowest BCUT2D eigenvalue weighted by molar-refractivity contribution is -0.155. The number of ketones is 1. The molecule has 0 aromatic carbocycles. The second-order valence-corrected chi connectivity index (χ2v) is 9.93. The zero-order valence-electron chi connectivity index (χ0n) is 17.7. The fourth-order valence-corrected chi connectivity index (χ4v) is 5.03. The Bertz CT molecular complexity index is 1250. The van der Waals surface area contributed by atoms with Gasteiger partial charge in [0.05, 0.1) is 12.6 Å². The number of nitrogens with two attached hydrogens (primary N) is 1. The number of anilines is 1. The van der Waals surface area contributed by atoms with E-state index < -0.39 is 39.8 Å². The van der Waals surface area contributed by atoms with Crippen LogP contribution in [0.15, 0.2) is 23.2 Å². The predicted molar refractivity (Wildman–Crippen MR) is 116 cm³/mol. The molecule has 17 heteroatoms. The van der Waals surface area contributed by atoms with E-state index in [1.54, 1.807) is 0 Å². The van der Waals surface area contributed by atoms with Gasteiger partial charge in [0.15, 0.2) is 22.2 Å². The Kier molecular flexibility index (Phi) is 6.09. The summed E-state index contributed by atoms with van der Waals surface area (Å²) in [5.74, 6) is -2.22. The first-order valence-corrected chi connectivity index (χ1v) is 12.2. The summed E-state index contributed by atoms with van der Waals surface area (Å²) in [4.78, 5) is 50.8. The van der Waals surface area contributed by atoms with E-state index in [0.29, 0.717) is 12.8 Å². The molecule has 1 aliphatic carbocycles. The molecule has 1 saturated heterocycles. The van der Waals surface area contributed by atoms with Crippen LogP contribution in [-0.4, -0.2) is 78.0 Å². The molecule has 0 bridgehead atoms. The fraction of sp³-hybridized carbons (Fsp3) is 0.471. The van der Waals surface area contributed by atoms with E-state index in [1.807, 2.05) is 0 Å². The average molecular weight is 513 g/mol. The van der Waals surface area contributed by atoms with Gasteiger partial charge in [0, 0.05) is 5.38 Å². The third-order valence-electron chi connectivity index (χ3n) is 5.64. The molecule has 34 heavy (non-hydrogen) atoms. The maximum atomic E-state index is 13.1. The van der Waals surface area contributed by atoms with E-state index in [0.717, 1.165) is 17.8 Å². The third-order valence-corrected chi connectivity index (χ3v) is 7.26. The molecule has 2 aromatic rings. The summed E-state index contributed by atoms with van der Waals surface area (Å²) in [5.41, 5.74) is 4.22. The average Bonchev–Trinajstić information content (AvgIpc) is 3.38. The topological polar surface area (TPSA) is 212 Å². The number of Topliss-reactive ketones (excluding diaryl/α,β-unsaturated/α-hetero) is 1. The zero-order valence-corrected chi connectivity index (χ0v) is 19.3. The number of nitrogens with one attached hydrogen (secondary N) is 1. The first-order valence-electron chi connectivity index (χ1n) is 9.94. The van der Waals surface area contributed by atoms with Crippen LogP contribution in [0.4, 0.5) is 5.13 Å². The van der Waals surface area contributed by atoms with Crippen molar-refractivity contribution in [2.24, 2.45) is 5.16 Å². The van der Waals surface area contributed by atoms with Crippen molar-refractivity contribution in [1.82, 2.24) is 29.4 Å². The minimum absolute atomic E-state index is 0.0456. The summed E-state index contributed by atoms with van der Waals surface area (Å²) in [6.45, 7) is 1.18. The van der Waals surface area contributed by atoms with Gasteiger partial charge in [-0.05, 0) is 26.2 Å². The molecule has 4 N–H and O–H groups in total. The molecular formula is C17H20N8O7S2. The number of carbonyl (C=O) groups excluding carboxylic acids is 3. The molecule has 3 heterocycles. The van der Waals surface area contributed by atoms with Gasteiger partial charge in [0.25, 0.3) is 11.8 Å². The smallest absolute Gasteiger partial charge is 0.362 e. The monoisotopic (exact) mass is 512 g/mol. The quantitative estimate of drug-likeness (QED) is 0.156. The number of amides is 2. The van der Waals surface area contributed by atoms with Crippen LogP contribution < -0.4 is 11.1 Å². The van der Waals surface area contributed by atoms with Gasteiger partial charge in [0.2, 0.25) is 0 Å². The molecule has 1 saturated carbocycles. The van der Waals surface area contributed by atoms with Crippen molar-refractivity contribution in [1.29, 1.82) is 0 Å². The number of rotatable bonds is 9. The molecule has 2 aromatic heterocycles. The van der Waals surface area contributed by atoms with Gasteiger partial charge in [0.1, 0.15) is 24.4 Å². The summed E-state index contributed by atoms with van der Waals surface area (Å²) < 4.78 is 34.3. The van der Waals surface area contributed by atoms with Gasteiger partial charge < -0.3 is 15.9 Å². The van der Waals surface area contributed by atoms with Crippen molar-refractivity contribution < 1.29 is 32.2 Å². The number of hydrogen-bond acceptors (Lipinski definition) is 12. The first-order chi connectivity index (χ1) is 16.0. The maximum absolute atomic E-state index is 13.1. The van der Waals surface area contributed by atoms with Crippen LogP contribution in [0.1, 0.15) is 31.9 Å². The van der Waals surface area contributed by atoms with Crippen LogP contribution in [0.5, 0.6) is 0 Å². The summed E-state index contributed by atoms with van der Waals surface area (Å²) in [5, 5.41) is 11.7. The minimum atomic E-state index is -4.89. The molecule has 182 valence electrons. The highest BCUT2D eigenvalue weighted by Crippen LogP contribution is 2.37. The van der Waals surface area contributed by atoms with E-state index in [9.17, 15) is 27.4 Å². The van der Waals surface area contributed by atoms with Crippen molar-refractivity contribution in [3.05, 3.63) is 23.7 Å².